The van der Waals surface area contributed by atoms with Gasteiger partial charge in [-0.3, -0.25) is 19.8 Å². The summed E-state index contributed by atoms with van der Waals surface area (Å²) in [4.78, 5) is 33.4. The van der Waals surface area contributed by atoms with E-state index < -0.39 is 18.0 Å². The van der Waals surface area contributed by atoms with Crippen molar-refractivity contribution < 1.29 is 22.8 Å². The van der Waals surface area contributed by atoms with Crippen molar-refractivity contribution in [2.45, 2.75) is 64.1 Å². The Labute approximate surface area is 201 Å². The molecule has 35 heavy (non-hydrogen) atoms. The molecule has 1 aliphatic carbocycles. The lowest BCUT2D eigenvalue weighted by atomic mass is 9.82. The van der Waals surface area contributed by atoms with Crippen LogP contribution in [0, 0.1) is 5.92 Å². The van der Waals surface area contributed by atoms with E-state index in [-0.39, 0.29) is 35.6 Å². The highest BCUT2D eigenvalue weighted by atomic mass is 19.4. The Kier molecular flexibility index (Phi) is 6.25. The quantitative estimate of drug-likeness (QED) is 0.689. The molecule has 2 aromatic rings. The van der Waals surface area contributed by atoms with Crippen molar-refractivity contribution in [3.63, 3.8) is 0 Å². The second kappa shape index (κ2) is 9.09. The third-order valence-electron chi connectivity index (χ3n) is 7.43. The molecule has 5 rings (SSSR count). The van der Waals surface area contributed by atoms with Crippen LogP contribution < -0.4 is 10.6 Å². The molecule has 2 saturated heterocycles. The number of halogens is 3. The molecule has 3 heterocycles. The summed E-state index contributed by atoms with van der Waals surface area (Å²) in [6, 6.07) is 4.34. The molecular weight excluding hydrogens is 461 g/mol. The van der Waals surface area contributed by atoms with Gasteiger partial charge in [0.1, 0.15) is 6.29 Å². The van der Waals surface area contributed by atoms with E-state index in [1.54, 1.807) is 30.9 Å². The van der Waals surface area contributed by atoms with Crippen LogP contribution in [0.1, 0.15) is 61.8 Å². The molecule has 3 fully saturated rings. The number of imidazole rings is 1. The first kappa shape index (κ1) is 24.1. The van der Waals surface area contributed by atoms with Crippen molar-refractivity contribution in [1.29, 1.82) is 0 Å². The van der Waals surface area contributed by atoms with E-state index in [4.69, 9.17) is 0 Å². The van der Waals surface area contributed by atoms with Gasteiger partial charge in [-0.25, -0.2) is 4.98 Å². The predicted octanol–water partition coefficient (Wildman–Crippen LogP) is 2.96. The predicted molar refractivity (Wildman–Crippen MR) is 123 cm³/mol. The number of carbonyl (C=O) groups excluding carboxylic acids is 2. The second-order valence-electron chi connectivity index (χ2n) is 10.0. The zero-order chi connectivity index (χ0) is 24.9. The minimum atomic E-state index is -4.58. The van der Waals surface area contributed by atoms with Crippen LogP contribution in [-0.4, -0.2) is 69.7 Å². The zero-order valence-corrected chi connectivity index (χ0v) is 19.9. The molecule has 1 saturated carbocycles. The summed E-state index contributed by atoms with van der Waals surface area (Å²) in [7, 11) is 0. The Hall–Kier alpha value is -2.66. The Balaban J connectivity index is 1.27. The SMILES string of the molecule is CC(C)n1c(C(F)(F)F)nc2cc(C(=O)N3CCN(C4NC(=O)C5CCCCC5N4)CC3)ccc21. The molecule has 8 nitrogen and oxygen atoms in total. The number of hydrogen-bond acceptors (Lipinski definition) is 5. The van der Waals surface area contributed by atoms with Crippen molar-refractivity contribution >= 4 is 22.8 Å². The van der Waals surface area contributed by atoms with Gasteiger partial charge in [0.15, 0.2) is 0 Å². The van der Waals surface area contributed by atoms with E-state index >= 15 is 0 Å². The van der Waals surface area contributed by atoms with Crippen LogP contribution in [0.15, 0.2) is 18.2 Å². The minimum absolute atomic E-state index is 0.0369. The van der Waals surface area contributed by atoms with Gasteiger partial charge in [-0.15, -0.1) is 0 Å². The third-order valence-corrected chi connectivity index (χ3v) is 7.43. The number of carbonyl (C=O) groups is 2. The Morgan fingerprint density at radius 2 is 1.83 bits per heavy atom. The number of piperazine rings is 1. The number of amides is 2. The molecule has 11 heteroatoms. The standard InChI is InChI=1S/C24H31F3N6O2/c1-14(2)33-19-8-7-15(13-18(19)28-22(33)24(25,26)27)21(35)31-9-11-32(12-10-31)23-29-17-6-4-3-5-16(17)20(34)30-23/h7-8,13-14,16-17,23,29H,3-6,9-12H2,1-2H3,(H,30,34). The number of hydrogen-bond donors (Lipinski definition) is 2. The van der Waals surface area contributed by atoms with Crippen molar-refractivity contribution in [3.8, 4) is 0 Å². The molecular formula is C24H31F3N6O2. The normalized spacial score (nSPS) is 26.2. The second-order valence-corrected chi connectivity index (χ2v) is 10.0. The van der Waals surface area contributed by atoms with Gasteiger partial charge in [0.2, 0.25) is 11.7 Å². The van der Waals surface area contributed by atoms with E-state index in [0.717, 1.165) is 30.3 Å². The third kappa shape index (κ3) is 4.51. The summed E-state index contributed by atoms with van der Waals surface area (Å²) in [5.74, 6) is -1.05. The molecule has 0 spiro atoms. The average molecular weight is 493 g/mol. The maximum Gasteiger partial charge on any atom is 0.449 e. The van der Waals surface area contributed by atoms with Gasteiger partial charge < -0.3 is 14.8 Å². The monoisotopic (exact) mass is 492 g/mol. The highest BCUT2D eigenvalue weighted by Crippen LogP contribution is 2.34. The van der Waals surface area contributed by atoms with Crippen molar-refractivity contribution in [3.05, 3.63) is 29.6 Å². The molecule has 3 unspecified atom stereocenters. The molecule has 3 aliphatic rings. The zero-order valence-electron chi connectivity index (χ0n) is 19.9. The highest BCUT2D eigenvalue weighted by molar-refractivity contribution is 5.97. The smallest absolute Gasteiger partial charge is 0.336 e. The van der Waals surface area contributed by atoms with Crippen LogP contribution in [-0.2, 0) is 11.0 Å². The van der Waals surface area contributed by atoms with E-state index in [9.17, 15) is 22.8 Å². The fourth-order valence-corrected chi connectivity index (χ4v) is 5.65. The fraction of sp³-hybridized carbons (Fsp3) is 0.625. The first-order valence-electron chi connectivity index (χ1n) is 12.3. The van der Waals surface area contributed by atoms with Crippen molar-refractivity contribution in [1.82, 2.24) is 30.0 Å². The maximum absolute atomic E-state index is 13.5. The Bertz CT molecular complexity index is 1120. The highest BCUT2D eigenvalue weighted by Gasteiger charge is 2.40. The molecule has 2 amide bonds. The first-order valence-corrected chi connectivity index (χ1v) is 12.3. The van der Waals surface area contributed by atoms with Crippen molar-refractivity contribution in [2.24, 2.45) is 5.92 Å². The molecule has 2 N–H and O–H groups in total. The minimum Gasteiger partial charge on any atom is -0.336 e. The van der Waals surface area contributed by atoms with Crippen LogP contribution in [0.2, 0.25) is 0 Å². The van der Waals surface area contributed by atoms with E-state index in [2.05, 4.69) is 20.5 Å². The molecule has 1 aromatic heterocycles. The molecule has 0 radical (unpaired) electrons. The van der Waals surface area contributed by atoms with Crippen LogP contribution >= 0.6 is 0 Å². The van der Waals surface area contributed by atoms with Gasteiger partial charge in [0.05, 0.1) is 17.0 Å². The summed E-state index contributed by atoms with van der Waals surface area (Å²) in [5.41, 5.74) is 0.836. The number of benzene rings is 1. The van der Waals surface area contributed by atoms with Gasteiger partial charge in [0, 0.05) is 43.8 Å². The van der Waals surface area contributed by atoms with E-state index in [1.807, 2.05) is 0 Å². The van der Waals surface area contributed by atoms with Gasteiger partial charge in [-0.05, 0) is 44.9 Å². The molecule has 2 aliphatic heterocycles. The molecule has 0 bridgehead atoms. The lowest BCUT2D eigenvalue weighted by Crippen LogP contribution is -2.69. The van der Waals surface area contributed by atoms with E-state index in [0.29, 0.717) is 37.3 Å². The lowest BCUT2D eigenvalue weighted by molar-refractivity contribution is -0.147. The average Bonchev–Trinajstić information content (AvgIpc) is 3.23. The summed E-state index contributed by atoms with van der Waals surface area (Å²) >= 11 is 0. The number of fused-ring (bicyclic) bond motifs is 2. The van der Waals surface area contributed by atoms with Crippen LogP contribution in [0.3, 0.4) is 0 Å². The summed E-state index contributed by atoms with van der Waals surface area (Å²) in [6.45, 7) is 5.45. The summed E-state index contributed by atoms with van der Waals surface area (Å²) in [6.07, 6.45) is -0.690. The summed E-state index contributed by atoms with van der Waals surface area (Å²) < 4.78 is 41.7. The molecule has 190 valence electrons. The number of aromatic nitrogens is 2. The van der Waals surface area contributed by atoms with Crippen LogP contribution in [0.25, 0.3) is 11.0 Å². The number of nitrogens with zero attached hydrogens (tertiary/aromatic N) is 4. The maximum atomic E-state index is 13.5. The largest absolute Gasteiger partial charge is 0.449 e. The lowest BCUT2D eigenvalue weighted by Gasteiger charge is -2.46. The van der Waals surface area contributed by atoms with Crippen LogP contribution in [0.4, 0.5) is 13.2 Å². The Morgan fingerprint density at radius 1 is 1.11 bits per heavy atom. The van der Waals surface area contributed by atoms with Gasteiger partial charge in [-0.1, -0.05) is 12.8 Å². The Morgan fingerprint density at radius 3 is 2.51 bits per heavy atom. The topological polar surface area (TPSA) is 82.5 Å². The first-order chi connectivity index (χ1) is 16.6. The number of rotatable bonds is 3. The summed E-state index contributed by atoms with van der Waals surface area (Å²) in [5, 5.41) is 6.65. The van der Waals surface area contributed by atoms with Crippen LogP contribution in [0.5, 0.6) is 0 Å². The van der Waals surface area contributed by atoms with Gasteiger partial charge in [-0.2, -0.15) is 13.2 Å². The van der Waals surface area contributed by atoms with E-state index in [1.165, 1.54) is 6.07 Å². The number of nitrogens with one attached hydrogen (secondary N) is 2. The van der Waals surface area contributed by atoms with Gasteiger partial charge >= 0.3 is 6.18 Å². The van der Waals surface area contributed by atoms with Crippen molar-refractivity contribution in [2.75, 3.05) is 26.2 Å². The fourth-order valence-electron chi connectivity index (χ4n) is 5.65. The molecule has 1 aromatic carbocycles. The van der Waals surface area contributed by atoms with Gasteiger partial charge in [0.25, 0.3) is 5.91 Å². The molecule has 3 atom stereocenters. The number of alkyl halides is 3.